The molecule has 1 N–H and O–H groups in total. The van der Waals surface area contributed by atoms with Crippen LogP contribution in [0.5, 0.6) is 11.5 Å². The first-order valence-electron chi connectivity index (χ1n) is 9.10. The van der Waals surface area contributed by atoms with E-state index < -0.39 is 0 Å². The van der Waals surface area contributed by atoms with E-state index in [0.717, 1.165) is 30.7 Å². The fourth-order valence-corrected chi connectivity index (χ4v) is 2.62. The molecule has 2 aromatic rings. The molecule has 1 unspecified atom stereocenters. The van der Waals surface area contributed by atoms with Gasteiger partial charge < -0.3 is 19.7 Å². The van der Waals surface area contributed by atoms with Crippen LogP contribution >= 0.6 is 11.6 Å². The molecule has 0 aliphatic rings. The second-order valence-electron chi connectivity index (χ2n) is 6.43. The second-order valence-corrected chi connectivity index (χ2v) is 6.87. The number of carbonyl (C=O) groups excluding carboxylic acids is 1. The van der Waals surface area contributed by atoms with Crippen LogP contribution in [0, 0.1) is 0 Å². The molecule has 0 saturated heterocycles. The van der Waals surface area contributed by atoms with Crippen LogP contribution in [-0.2, 0) is 0 Å². The van der Waals surface area contributed by atoms with Gasteiger partial charge in [-0.2, -0.15) is 0 Å². The van der Waals surface area contributed by atoms with Crippen molar-refractivity contribution >= 4 is 17.7 Å². The molecule has 1 amide bonds. The van der Waals surface area contributed by atoms with E-state index in [4.69, 9.17) is 21.1 Å². The van der Waals surface area contributed by atoms with Gasteiger partial charge in [-0.25, -0.2) is 4.79 Å². The molecular formula is C21H27ClN2O3. The zero-order valence-corrected chi connectivity index (χ0v) is 16.8. The fraction of sp³-hybridized carbons (Fsp3) is 0.381. The number of halogens is 1. The summed E-state index contributed by atoms with van der Waals surface area (Å²) in [5.41, 5.74) is 1.13. The van der Waals surface area contributed by atoms with Gasteiger partial charge in [-0.1, -0.05) is 30.7 Å². The van der Waals surface area contributed by atoms with Gasteiger partial charge in [0.2, 0.25) is 0 Å². The number of rotatable bonds is 9. The van der Waals surface area contributed by atoms with Gasteiger partial charge in [0.05, 0.1) is 6.61 Å². The van der Waals surface area contributed by atoms with Gasteiger partial charge in [0.1, 0.15) is 11.5 Å². The van der Waals surface area contributed by atoms with Crippen molar-refractivity contribution in [3.05, 3.63) is 59.1 Å². The molecule has 2 rings (SSSR count). The minimum absolute atomic E-state index is 0.163. The Balaban J connectivity index is 1.95. The van der Waals surface area contributed by atoms with E-state index in [0.29, 0.717) is 17.4 Å². The molecule has 5 nitrogen and oxygen atoms in total. The lowest BCUT2D eigenvalue weighted by Gasteiger charge is -2.20. The Labute approximate surface area is 166 Å². The number of hydrogen-bond donors (Lipinski definition) is 1. The largest absolute Gasteiger partial charge is 0.494 e. The normalized spacial score (nSPS) is 11.7. The summed E-state index contributed by atoms with van der Waals surface area (Å²) in [6, 6.07) is 15.1. The van der Waals surface area contributed by atoms with Crippen molar-refractivity contribution in [3.63, 3.8) is 0 Å². The summed E-state index contributed by atoms with van der Waals surface area (Å²) >= 11 is 5.90. The first-order chi connectivity index (χ1) is 13.0. The zero-order valence-electron chi connectivity index (χ0n) is 16.1. The van der Waals surface area contributed by atoms with Crippen LogP contribution in [-0.4, -0.2) is 38.2 Å². The average Bonchev–Trinajstić information content (AvgIpc) is 2.66. The Kier molecular flexibility index (Phi) is 8.43. The zero-order chi connectivity index (χ0) is 19.6. The summed E-state index contributed by atoms with van der Waals surface area (Å²) in [6.07, 6.45) is 1.48. The lowest BCUT2D eigenvalue weighted by Crippen LogP contribution is -2.25. The first kappa shape index (κ1) is 21.1. The maximum Gasteiger partial charge on any atom is 0.414 e. The molecule has 27 heavy (non-hydrogen) atoms. The summed E-state index contributed by atoms with van der Waals surface area (Å²) in [7, 11) is 3.31. The van der Waals surface area contributed by atoms with E-state index in [9.17, 15) is 4.79 Å². The Bertz CT molecular complexity index is 702. The summed E-state index contributed by atoms with van der Waals surface area (Å²) in [5.74, 6) is 1.34. The monoisotopic (exact) mass is 390 g/mol. The summed E-state index contributed by atoms with van der Waals surface area (Å²) in [4.78, 5) is 13.0. The molecule has 0 aliphatic carbocycles. The van der Waals surface area contributed by atoms with Crippen molar-refractivity contribution < 1.29 is 14.3 Å². The van der Waals surface area contributed by atoms with Gasteiger partial charge in [-0.3, -0.25) is 0 Å². The number of carbonyl (C=O) groups is 1. The van der Waals surface area contributed by atoms with Crippen LogP contribution < -0.4 is 14.8 Å². The van der Waals surface area contributed by atoms with E-state index in [-0.39, 0.29) is 12.1 Å². The molecule has 0 heterocycles. The standard InChI is InChI=1S/C21H27ClN2O3/c1-4-14-23-20(13-15-26-18-11-7-17(22)8-12-18)16-5-9-19(10-6-16)27-21(25)24(2)3/h5-12,20,23H,4,13-15H2,1-3H3. The van der Waals surface area contributed by atoms with E-state index in [1.54, 1.807) is 14.1 Å². The van der Waals surface area contributed by atoms with Crippen LogP contribution in [0.15, 0.2) is 48.5 Å². The van der Waals surface area contributed by atoms with Crippen molar-refractivity contribution in [2.45, 2.75) is 25.8 Å². The van der Waals surface area contributed by atoms with E-state index >= 15 is 0 Å². The van der Waals surface area contributed by atoms with Crippen molar-refractivity contribution in [2.75, 3.05) is 27.2 Å². The molecule has 6 heteroatoms. The topological polar surface area (TPSA) is 50.8 Å². The average molecular weight is 391 g/mol. The number of ether oxygens (including phenoxy) is 2. The van der Waals surface area contributed by atoms with Crippen molar-refractivity contribution in [3.8, 4) is 11.5 Å². The molecule has 0 aromatic heterocycles. The molecule has 0 fully saturated rings. The Morgan fingerprint density at radius 2 is 1.70 bits per heavy atom. The lowest BCUT2D eigenvalue weighted by atomic mass is 10.0. The van der Waals surface area contributed by atoms with Crippen molar-refractivity contribution in [1.29, 1.82) is 0 Å². The summed E-state index contributed by atoms with van der Waals surface area (Å²) in [5, 5.41) is 4.24. The van der Waals surface area contributed by atoms with Crippen LogP contribution in [0.1, 0.15) is 31.4 Å². The number of benzene rings is 2. The smallest absolute Gasteiger partial charge is 0.414 e. The highest BCUT2D eigenvalue weighted by atomic mass is 35.5. The quantitative estimate of drug-likeness (QED) is 0.660. The van der Waals surface area contributed by atoms with Crippen molar-refractivity contribution in [2.24, 2.45) is 0 Å². The van der Waals surface area contributed by atoms with E-state index in [1.807, 2.05) is 48.5 Å². The molecule has 0 spiro atoms. The minimum Gasteiger partial charge on any atom is -0.494 e. The summed E-state index contributed by atoms with van der Waals surface area (Å²) in [6.45, 7) is 3.64. The highest BCUT2D eigenvalue weighted by molar-refractivity contribution is 6.30. The first-order valence-corrected chi connectivity index (χ1v) is 9.48. The maximum absolute atomic E-state index is 11.6. The lowest BCUT2D eigenvalue weighted by molar-refractivity contribution is 0.172. The van der Waals surface area contributed by atoms with E-state index in [2.05, 4.69) is 12.2 Å². The van der Waals surface area contributed by atoms with Gasteiger partial charge >= 0.3 is 6.09 Å². The van der Waals surface area contributed by atoms with Gasteiger partial charge in [0.25, 0.3) is 0 Å². The molecule has 2 aromatic carbocycles. The number of nitrogens with one attached hydrogen (secondary N) is 1. The number of amides is 1. The molecule has 1 atom stereocenters. The maximum atomic E-state index is 11.6. The van der Waals surface area contributed by atoms with Crippen LogP contribution in [0.4, 0.5) is 4.79 Å². The number of hydrogen-bond acceptors (Lipinski definition) is 4. The van der Waals surface area contributed by atoms with Gasteiger partial charge in [-0.15, -0.1) is 0 Å². The fourth-order valence-electron chi connectivity index (χ4n) is 2.49. The third-order valence-electron chi connectivity index (χ3n) is 3.98. The second kappa shape index (κ2) is 10.8. The van der Waals surface area contributed by atoms with Gasteiger partial charge in [-0.05, 0) is 54.9 Å². The predicted octanol–water partition coefficient (Wildman–Crippen LogP) is 4.91. The van der Waals surface area contributed by atoms with Crippen LogP contribution in [0.25, 0.3) is 0 Å². The summed E-state index contributed by atoms with van der Waals surface area (Å²) < 4.78 is 11.1. The Morgan fingerprint density at radius 3 is 2.30 bits per heavy atom. The number of nitrogens with zero attached hydrogens (tertiary/aromatic N) is 1. The Morgan fingerprint density at radius 1 is 1.07 bits per heavy atom. The van der Waals surface area contributed by atoms with Crippen LogP contribution in [0.2, 0.25) is 5.02 Å². The van der Waals surface area contributed by atoms with Crippen molar-refractivity contribution in [1.82, 2.24) is 10.2 Å². The Hall–Kier alpha value is -2.24. The van der Waals surface area contributed by atoms with Crippen LogP contribution in [0.3, 0.4) is 0 Å². The molecule has 0 saturated carbocycles. The van der Waals surface area contributed by atoms with Gasteiger partial charge in [0.15, 0.2) is 0 Å². The highest BCUT2D eigenvalue weighted by Crippen LogP contribution is 2.22. The minimum atomic E-state index is -0.389. The molecule has 0 aliphatic heterocycles. The third kappa shape index (κ3) is 7.12. The predicted molar refractivity (Wildman–Crippen MR) is 109 cm³/mol. The third-order valence-corrected chi connectivity index (χ3v) is 4.23. The SMILES string of the molecule is CCCNC(CCOc1ccc(Cl)cc1)c1ccc(OC(=O)N(C)C)cc1. The van der Waals surface area contributed by atoms with E-state index in [1.165, 1.54) is 4.90 Å². The molecule has 0 bridgehead atoms. The van der Waals surface area contributed by atoms with Gasteiger partial charge in [0, 0.05) is 31.6 Å². The molecule has 146 valence electrons. The highest BCUT2D eigenvalue weighted by Gasteiger charge is 2.12. The molecular weight excluding hydrogens is 364 g/mol. The molecule has 0 radical (unpaired) electrons.